The number of nitrogens with one attached hydrogen (secondary N) is 1. The Bertz CT molecular complexity index is 1270. The van der Waals surface area contributed by atoms with E-state index < -0.39 is 0 Å². The third kappa shape index (κ3) is 4.12. The zero-order chi connectivity index (χ0) is 23.8. The van der Waals surface area contributed by atoms with E-state index in [1.54, 1.807) is 23.7 Å². The van der Waals surface area contributed by atoms with Crippen LogP contribution in [0.25, 0.3) is 0 Å². The smallest absolute Gasteiger partial charge is 0.321 e. The number of hydrogen-bond donors (Lipinski definition) is 1. The number of nitrogens with zero attached hydrogens (tertiary/aromatic N) is 3. The van der Waals surface area contributed by atoms with Crippen LogP contribution in [0, 0.1) is 13.8 Å². The summed E-state index contributed by atoms with van der Waals surface area (Å²) in [5.41, 5.74) is 6.00. The number of amides is 3. The van der Waals surface area contributed by atoms with E-state index in [0.29, 0.717) is 24.3 Å². The van der Waals surface area contributed by atoms with E-state index in [1.165, 1.54) is 16.8 Å². The SMILES string of the molecule is Cc1cccc(N2CCN(C(=O)Nc3ccc4c(c3)N(C)C(=O)c3ccccc3S4)CC2)c1C. The first kappa shape index (κ1) is 22.3. The van der Waals surface area contributed by atoms with Gasteiger partial charge in [-0.3, -0.25) is 4.79 Å². The van der Waals surface area contributed by atoms with E-state index in [2.05, 4.69) is 42.3 Å². The number of piperazine rings is 1. The summed E-state index contributed by atoms with van der Waals surface area (Å²) in [5, 5.41) is 3.04. The van der Waals surface area contributed by atoms with E-state index in [1.807, 2.05) is 47.4 Å². The largest absolute Gasteiger partial charge is 0.368 e. The molecular formula is C27H28N4O2S. The summed E-state index contributed by atoms with van der Waals surface area (Å²) in [4.78, 5) is 33.8. The summed E-state index contributed by atoms with van der Waals surface area (Å²) in [7, 11) is 1.78. The molecule has 0 bridgehead atoms. The molecule has 1 saturated heterocycles. The van der Waals surface area contributed by atoms with Crippen molar-refractivity contribution in [3.63, 3.8) is 0 Å². The van der Waals surface area contributed by atoms with Gasteiger partial charge in [-0.15, -0.1) is 0 Å². The van der Waals surface area contributed by atoms with Crippen LogP contribution >= 0.6 is 11.8 Å². The molecule has 3 aromatic rings. The molecule has 5 rings (SSSR count). The lowest BCUT2D eigenvalue weighted by molar-refractivity contribution is 0.0990. The molecule has 6 nitrogen and oxygen atoms in total. The summed E-state index contributed by atoms with van der Waals surface area (Å²) < 4.78 is 0. The van der Waals surface area contributed by atoms with Crippen molar-refractivity contribution in [3.05, 3.63) is 77.4 Å². The molecular weight excluding hydrogens is 444 g/mol. The number of anilines is 3. The van der Waals surface area contributed by atoms with Gasteiger partial charge in [-0.1, -0.05) is 36.0 Å². The highest BCUT2D eigenvalue weighted by Gasteiger charge is 2.26. The maximum atomic E-state index is 13.0. The average molecular weight is 473 g/mol. The first-order valence-electron chi connectivity index (χ1n) is 11.5. The summed E-state index contributed by atoms with van der Waals surface area (Å²) in [6.45, 7) is 7.20. The number of rotatable bonds is 2. The van der Waals surface area contributed by atoms with Crippen LogP contribution < -0.4 is 15.1 Å². The van der Waals surface area contributed by atoms with Crippen LogP contribution in [0.2, 0.25) is 0 Å². The molecule has 2 heterocycles. The first-order chi connectivity index (χ1) is 16.4. The zero-order valence-electron chi connectivity index (χ0n) is 19.7. The maximum absolute atomic E-state index is 13.0. The van der Waals surface area contributed by atoms with Gasteiger partial charge >= 0.3 is 6.03 Å². The van der Waals surface area contributed by atoms with Gasteiger partial charge in [0.05, 0.1) is 11.3 Å². The fourth-order valence-corrected chi connectivity index (χ4v) is 5.60. The van der Waals surface area contributed by atoms with E-state index >= 15 is 0 Å². The molecule has 0 unspecified atom stereocenters. The summed E-state index contributed by atoms with van der Waals surface area (Å²) in [5.74, 6) is -0.0482. The Labute approximate surface area is 204 Å². The standard InChI is InChI=1S/C27H28N4O2S/c1-18-7-6-9-22(19(18)2)30-13-15-31(16-14-30)27(33)28-20-11-12-25-23(17-20)29(3)26(32)21-8-4-5-10-24(21)34-25/h4-12,17H,13-16H2,1-3H3,(H,28,33). The van der Waals surface area contributed by atoms with Gasteiger partial charge in [-0.2, -0.15) is 0 Å². The second-order valence-corrected chi connectivity index (χ2v) is 9.85. The highest BCUT2D eigenvalue weighted by molar-refractivity contribution is 7.99. The highest BCUT2D eigenvalue weighted by Crippen LogP contribution is 2.41. The number of benzene rings is 3. The van der Waals surface area contributed by atoms with Crippen LogP contribution in [0.3, 0.4) is 0 Å². The molecule has 2 aliphatic rings. The quantitative estimate of drug-likeness (QED) is 0.543. The predicted molar refractivity (Wildman–Crippen MR) is 138 cm³/mol. The van der Waals surface area contributed by atoms with E-state index in [-0.39, 0.29) is 11.9 Å². The molecule has 174 valence electrons. The third-order valence-electron chi connectivity index (χ3n) is 6.70. The minimum Gasteiger partial charge on any atom is -0.368 e. The van der Waals surface area contributed by atoms with Gasteiger partial charge in [0, 0.05) is 54.4 Å². The normalized spacial score (nSPS) is 15.5. The van der Waals surface area contributed by atoms with Gasteiger partial charge in [-0.25, -0.2) is 4.79 Å². The van der Waals surface area contributed by atoms with Crippen LogP contribution in [-0.4, -0.2) is 50.1 Å². The minimum atomic E-state index is -0.112. The van der Waals surface area contributed by atoms with Gasteiger partial charge in [-0.05, 0) is 61.4 Å². The van der Waals surface area contributed by atoms with Crippen molar-refractivity contribution in [2.24, 2.45) is 0 Å². The number of aryl methyl sites for hydroxylation is 1. The fourth-order valence-electron chi connectivity index (χ4n) is 4.52. The molecule has 1 N–H and O–H groups in total. The lowest BCUT2D eigenvalue weighted by Gasteiger charge is -2.37. The van der Waals surface area contributed by atoms with Crippen LogP contribution in [0.4, 0.5) is 21.9 Å². The predicted octanol–water partition coefficient (Wildman–Crippen LogP) is 5.40. The van der Waals surface area contributed by atoms with Gasteiger partial charge in [0.1, 0.15) is 0 Å². The molecule has 0 aliphatic carbocycles. The van der Waals surface area contributed by atoms with Crippen LogP contribution in [0.1, 0.15) is 21.5 Å². The van der Waals surface area contributed by atoms with Crippen molar-refractivity contribution in [3.8, 4) is 0 Å². The Morgan fingerprint density at radius 3 is 2.44 bits per heavy atom. The Morgan fingerprint density at radius 2 is 1.65 bits per heavy atom. The van der Waals surface area contributed by atoms with E-state index in [0.717, 1.165) is 28.6 Å². The molecule has 3 aromatic carbocycles. The second-order valence-electron chi connectivity index (χ2n) is 8.77. The molecule has 0 saturated carbocycles. The second kappa shape index (κ2) is 9.06. The molecule has 1 fully saturated rings. The molecule has 0 radical (unpaired) electrons. The van der Waals surface area contributed by atoms with Crippen LogP contribution in [0.15, 0.2) is 70.5 Å². The van der Waals surface area contributed by atoms with Gasteiger partial charge in [0.2, 0.25) is 0 Å². The van der Waals surface area contributed by atoms with E-state index in [9.17, 15) is 9.59 Å². The Balaban J connectivity index is 1.27. The number of hydrogen-bond acceptors (Lipinski definition) is 4. The Kier molecular flexibility index (Phi) is 5.96. The number of carbonyl (C=O) groups excluding carboxylic acids is 2. The monoisotopic (exact) mass is 472 g/mol. The van der Waals surface area contributed by atoms with Crippen LogP contribution in [-0.2, 0) is 0 Å². The first-order valence-corrected chi connectivity index (χ1v) is 12.3. The molecule has 2 aliphatic heterocycles. The minimum absolute atomic E-state index is 0.0482. The van der Waals surface area contributed by atoms with Gasteiger partial charge in [0.15, 0.2) is 0 Å². The van der Waals surface area contributed by atoms with Crippen molar-refractivity contribution >= 4 is 40.8 Å². The molecule has 34 heavy (non-hydrogen) atoms. The van der Waals surface area contributed by atoms with E-state index in [4.69, 9.17) is 0 Å². The lowest BCUT2D eigenvalue weighted by Crippen LogP contribution is -2.50. The maximum Gasteiger partial charge on any atom is 0.321 e. The number of carbonyl (C=O) groups is 2. The zero-order valence-corrected chi connectivity index (χ0v) is 20.5. The lowest BCUT2D eigenvalue weighted by atomic mass is 10.1. The van der Waals surface area contributed by atoms with Crippen LogP contribution in [0.5, 0.6) is 0 Å². The molecule has 0 spiro atoms. The van der Waals surface area contributed by atoms with Crippen molar-refractivity contribution in [2.45, 2.75) is 23.6 Å². The van der Waals surface area contributed by atoms with Gasteiger partial charge in [0.25, 0.3) is 5.91 Å². The molecule has 3 amide bonds. The van der Waals surface area contributed by atoms with Crippen molar-refractivity contribution in [2.75, 3.05) is 48.3 Å². The molecule has 7 heteroatoms. The topological polar surface area (TPSA) is 55.9 Å². The summed E-state index contributed by atoms with van der Waals surface area (Å²) >= 11 is 1.58. The fraction of sp³-hybridized carbons (Fsp3) is 0.259. The third-order valence-corrected chi connectivity index (χ3v) is 7.84. The Morgan fingerprint density at radius 1 is 0.882 bits per heavy atom. The van der Waals surface area contributed by atoms with Crippen molar-refractivity contribution < 1.29 is 9.59 Å². The average Bonchev–Trinajstić information content (AvgIpc) is 2.96. The molecule has 0 atom stereocenters. The summed E-state index contributed by atoms with van der Waals surface area (Å²) in [6.07, 6.45) is 0. The molecule has 0 aromatic heterocycles. The van der Waals surface area contributed by atoms with Gasteiger partial charge < -0.3 is 20.0 Å². The number of fused-ring (bicyclic) bond motifs is 2. The number of urea groups is 1. The van der Waals surface area contributed by atoms with Crippen molar-refractivity contribution in [1.29, 1.82) is 0 Å². The summed E-state index contributed by atoms with van der Waals surface area (Å²) in [6, 6.07) is 19.7. The highest BCUT2D eigenvalue weighted by atomic mass is 32.2. The Hall–Kier alpha value is -3.45. The van der Waals surface area contributed by atoms with Crippen molar-refractivity contribution in [1.82, 2.24) is 4.90 Å².